The van der Waals surface area contributed by atoms with Gasteiger partial charge in [-0.1, -0.05) is 6.07 Å². The Morgan fingerprint density at radius 3 is 2.79 bits per heavy atom. The molecule has 0 atom stereocenters. The Hall–Kier alpha value is -2.50. The van der Waals surface area contributed by atoms with Crippen LogP contribution in [0, 0.1) is 5.82 Å². The van der Waals surface area contributed by atoms with Crippen LogP contribution in [0.3, 0.4) is 0 Å². The van der Waals surface area contributed by atoms with E-state index in [-0.39, 0.29) is 17.8 Å². The minimum atomic E-state index is -0.707. The van der Waals surface area contributed by atoms with E-state index in [1.165, 1.54) is 18.2 Å². The van der Waals surface area contributed by atoms with Gasteiger partial charge < -0.3 is 4.57 Å². The van der Waals surface area contributed by atoms with Gasteiger partial charge in [0.15, 0.2) is 0 Å². The second-order valence-corrected chi connectivity index (χ2v) is 4.35. The van der Waals surface area contributed by atoms with Gasteiger partial charge in [0.1, 0.15) is 5.82 Å². The number of Topliss-reactive ketones (excluding diaryl/α,β-unsaturated/α-hetero) is 1. The number of nitrogens with zero attached hydrogens (tertiary/aromatic N) is 3. The molecule has 0 fully saturated rings. The van der Waals surface area contributed by atoms with Crippen molar-refractivity contribution in [1.29, 1.82) is 0 Å². The van der Waals surface area contributed by atoms with Gasteiger partial charge in [-0.05, 0) is 12.1 Å². The normalized spacial score (nSPS) is 14.1. The summed E-state index contributed by atoms with van der Waals surface area (Å²) in [5.41, 5.74) is 0.892. The van der Waals surface area contributed by atoms with Crippen LogP contribution in [0.1, 0.15) is 16.1 Å². The number of ketones is 1. The van der Waals surface area contributed by atoms with Crippen LogP contribution in [-0.4, -0.2) is 21.2 Å². The number of amides is 1. The quantitative estimate of drug-likeness (QED) is 0.764. The summed E-state index contributed by atoms with van der Waals surface area (Å²) in [6.45, 7) is 0.120. The van der Waals surface area contributed by atoms with Crippen molar-refractivity contribution in [3.63, 3.8) is 0 Å². The van der Waals surface area contributed by atoms with Crippen LogP contribution in [0.4, 0.5) is 10.1 Å². The second kappa shape index (κ2) is 4.01. The van der Waals surface area contributed by atoms with Crippen molar-refractivity contribution < 1.29 is 14.0 Å². The molecule has 1 amide bonds. The Labute approximate surface area is 108 Å². The molecule has 1 aliphatic rings. The van der Waals surface area contributed by atoms with E-state index < -0.39 is 17.5 Å². The highest BCUT2D eigenvalue weighted by Gasteiger charge is 2.38. The molecule has 0 unspecified atom stereocenters. The minimum absolute atomic E-state index is 0.0544. The van der Waals surface area contributed by atoms with Crippen molar-refractivity contribution in [3.05, 3.63) is 47.8 Å². The maximum Gasteiger partial charge on any atom is 0.299 e. The molecule has 0 aliphatic carbocycles. The molecule has 1 aromatic carbocycles. The smallest absolute Gasteiger partial charge is 0.299 e. The van der Waals surface area contributed by atoms with E-state index in [4.69, 9.17) is 0 Å². The number of anilines is 1. The zero-order chi connectivity index (χ0) is 13.6. The van der Waals surface area contributed by atoms with Crippen molar-refractivity contribution in [2.45, 2.75) is 6.54 Å². The third-order valence-corrected chi connectivity index (χ3v) is 3.18. The molecular weight excluding hydrogens is 249 g/mol. The highest BCUT2D eigenvalue weighted by atomic mass is 19.1. The van der Waals surface area contributed by atoms with Gasteiger partial charge in [-0.2, -0.15) is 0 Å². The molecule has 96 valence electrons. The Kier molecular flexibility index (Phi) is 2.45. The number of carbonyl (C=O) groups excluding carboxylic acids is 2. The van der Waals surface area contributed by atoms with E-state index in [9.17, 15) is 14.0 Å². The summed E-state index contributed by atoms with van der Waals surface area (Å²) >= 11 is 0. The van der Waals surface area contributed by atoms with Crippen LogP contribution in [0.5, 0.6) is 0 Å². The Bertz CT molecular complexity index is 693. The first kappa shape index (κ1) is 11.6. The van der Waals surface area contributed by atoms with E-state index in [1.807, 2.05) is 0 Å². The molecule has 0 bridgehead atoms. The summed E-state index contributed by atoms with van der Waals surface area (Å²) in [7, 11) is 1.77. The van der Waals surface area contributed by atoms with Crippen molar-refractivity contribution >= 4 is 17.4 Å². The number of hydrogen-bond donors (Lipinski definition) is 0. The zero-order valence-corrected chi connectivity index (χ0v) is 10.1. The Balaban J connectivity index is 2.07. The van der Waals surface area contributed by atoms with Crippen LogP contribution < -0.4 is 4.90 Å². The highest BCUT2D eigenvalue weighted by molar-refractivity contribution is 6.52. The van der Waals surface area contributed by atoms with Crippen molar-refractivity contribution in [3.8, 4) is 0 Å². The van der Waals surface area contributed by atoms with Gasteiger partial charge in [-0.25, -0.2) is 9.37 Å². The predicted octanol–water partition coefficient (Wildman–Crippen LogP) is 1.29. The fourth-order valence-electron chi connectivity index (χ4n) is 2.16. The Morgan fingerprint density at radius 1 is 1.32 bits per heavy atom. The number of hydrogen-bond acceptors (Lipinski definition) is 3. The van der Waals surface area contributed by atoms with Gasteiger partial charge in [0.2, 0.25) is 0 Å². The molecule has 19 heavy (non-hydrogen) atoms. The lowest BCUT2D eigenvalue weighted by molar-refractivity contribution is -0.114. The monoisotopic (exact) mass is 259 g/mol. The van der Waals surface area contributed by atoms with Gasteiger partial charge in [0, 0.05) is 13.2 Å². The molecule has 1 aromatic heterocycles. The lowest BCUT2D eigenvalue weighted by Gasteiger charge is -2.16. The number of aromatic nitrogens is 2. The van der Waals surface area contributed by atoms with Gasteiger partial charge in [0.05, 0.1) is 29.8 Å². The summed E-state index contributed by atoms with van der Waals surface area (Å²) in [5, 5.41) is 0. The predicted molar refractivity (Wildman–Crippen MR) is 65.1 cm³/mol. The molecule has 0 radical (unpaired) electrons. The number of halogens is 1. The third kappa shape index (κ3) is 1.64. The average molecular weight is 259 g/mol. The van der Waals surface area contributed by atoms with Crippen LogP contribution in [0.25, 0.3) is 0 Å². The molecule has 6 heteroatoms. The standard InChI is InChI=1S/C13H10FN3O2/c1-16-7-15-5-8(16)6-17-11-9(12(18)13(17)19)3-2-4-10(11)14/h2-5,7H,6H2,1H3. The minimum Gasteiger partial charge on any atom is -0.336 e. The molecule has 3 rings (SSSR count). The lowest BCUT2D eigenvalue weighted by atomic mass is 10.1. The molecular formula is C13H10FN3O2. The molecule has 2 heterocycles. The topological polar surface area (TPSA) is 55.2 Å². The van der Waals surface area contributed by atoms with E-state index in [0.717, 1.165) is 10.6 Å². The van der Waals surface area contributed by atoms with Gasteiger partial charge in [0.25, 0.3) is 11.7 Å². The van der Waals surface area contributed by atoms with Crippen LogP contribution >= 0.6 is 0 Å². The first-order valence-corrected chi connectivity index (χ1v) is 5.69. The summed E-state index contributed by atoms with van der Waals surface area (Å²) in [4.78, 5) is 28.8. The van der Waals surface area contributed by atoms with Gasteiger partial charge in [-0.3, -0.25) is 14.5 Å². The van der Waals surface area contributed by atoms with E-state index in [1.54, 1.807) is 24.1 Å². The molecule has 0 N–H and O–H groups in total. The first-order chi connectivity index (χ1) is 9.09. The number of fused-ring (bicyclic) bond motifs is 1. The van der Waals surface area contributed by atoms with Gasteiger partial charge in [-0.15, -0.1) is 0 Å². The van der Waals surface area contributed by atoms with Crippen molar-refractivity contribution in [1.82, 2.24) is 9.55 Å². The fourth-order valence-corrected chi connectivity index (χ4v) is 2.16. The summed E-state index contributed by atoms with van der Waals surface area (Å²) in [6.07, 6.45) is 3.16. The van der Waals surface area contributed by atoms with Crippen LogP contribution in [0.2, 0.25) is 0 Å². The summed E-state index contributed by atoms with van der Waals surface area (Å²) < 4.78 is 15.6. The number of para-hydroxylation sites is 1. The summed E-state index contributed by atoms with van der Waals surface area (Å²) in [6, 6.07) is 4.12. The number of benzene rings is 1. The second-order valence-electron chi connectivity index (χ2n) is 4.35. The zero-order valence-electron chi connectivity index (χ0n) is 10.1. The van der Waals surface area contributed by atoms with Crippen molar-refractivity contribution in [2.24, 2.45) is 7.05 Å². The lowest BCUT2D eigenvalue weighted by Crippen LogP contribution is -2.30. The Morgan fingerprint density at radius 2 is 2.11 bits per heavy atom. The molecule has 0 saturated carbocycles. The molecule has 1 aliphatic heterocycles. The first-order valence-electron chi connectivity index (χ1n) is 5.69. The fraction of sp³-hybridized carbons (Fsp3) is 0.154. The maximum atomic E-state index is 13.8. The molecule has 0 saturated heterocycles. The molecule has 5 nitrogen and oxygen atoms in total. The molecule has 0 spiro atoms. The van der Waals surface area contributed by atoms with Crippen LogP contribution in [0.15, 0.2) is 30.7 Å². The van der Waals surface area contributed by atoms with Crippen molar-refractivity contribution in [2.75, 3.05) is 4.90 Å². The summed E-state index contributed by atoms with van der Waals surface area (Å²) in [5.74, 6) is -1.95. The third-order valence-electron chi connectivity index (χ3n) is 3.18. The largest absolute Gasteiger partial charge is 0.336 e. The number of imidazole rings is 1. The average Bonchev–Trinajstić information content (AvgIpc) is 2.89. The number of aryl methyl sites for hydroxylation is 1. The SMILES string of the molecule is Cn1cncc1CN1C(=O)C(=O)c2cccc(F)c21. The maximum absolute atomic E-state index is 13.8. The highest BCUT2D eigenvalue weighted by Crippen LogP contribution is 2.32. The van der Waals surface area contributed by atoms with Gasteiger partial charge >= 0.3 is 0 Å². The molecule has 2 aromatic rings. The number of carbonyl (C=O) groups is 2. The van der Waals surface area contributed by atoms with E-state index in [0.29, 0.717) is 0 Å². The van der Waals surface area contributed by atoms with E-state index in [2.05, 4.69) is 4.98 Å². The van der Waals surface area contributed by atoms with E-state index >= 15 is 0 Å². The number of rotatable bonds is 2. The van der Waals surface area contributed by atoms with Crippen LogP contribution in [-0.2, 0) is 18.4 Å².